The average molecular weight is 312 g/mol. The van der Waals surface area contributed by atoms with Crippen molar-refractivity contribution in [3.63, 3.8) is 0 Å². The predicted octanol–water partition coefficient (Wildman–Crippen LogP) is 2.12. The summed E-state index contributed by atoms with van der Waals surface area (Å²) in [5.74, 6) is 0. The zero-order chi connectivity index (χ0) is 16.2. The van der Waals surface area contributed by atoms with E-state index in [-0.39, 0.29) is 6.23 Å². The fourth-order valence-electron chi connectivity index (χ4n) is 2.37. The Labute approximate surface area is 134 Å². The number of hydrogen-bond donors (Lipinski definition) is 2. The van der Waals surface area contributed by atoms with Gasteiger partial charge in [0.15, 0.2) is 0 Å². The number of aliphatic hydroxyl groups is 1. The molecule has 0 radical (unpaired) electrons. The first-order valence-electron chi connectivity index (χ1n) is 8.44. The molecule has 1 unspecified atom stereocenters. The number of methoxy groups -OCH3 is 1. The molecule has 0 aromatic carbocycles. The molecule has 0 fully saturated rings. The maximum Gasteiger partial charge on any atom is 0.105 e. The first-order chi connectivity index (χ1) is 10.6. The number of aliphatic hydroxyl groups excluding tert-OH is 1. The van der Waals surface area contributed by atoms with Gasteiger partial charge in [0, 0.05) is 32.5 Å². The lowest BCUT2D eigenvalue weighted by atomic mass is 10.1. The van der Waals surface area contributed by atoms with Crippen molar-refractivity contribution in [3.8, 4) is 0 Å². The van der Waals surface area contributed by atoms with E-state index in [1.807, 2.05) is 24.7 Å². The second-order valence-corrected chi connectivity index (χ2v) is 6.11. The second kappa shape index (κ2) is 11.6. The molecule has 0 bridgehead atoms. The summed E-state index contributed by atoms with van der Waals surface area (Å²) < 4.78 is 6.96. The Hall–Kier alpha value is -0.980. The van der Waals surface area contributed by atoms with Gasteiger partial charge < -0.3 is 9.84 Å². The van der Waals surface area contributed by atoms with Crippen LogP contribution in [0.3, 0.4) is 0 Å². The van der Waals surface area contributed by atoms with Gasteiger partial charge in [0.25, 0.3) is 0 Å². The lowest BCUT2D eigenvalue weighted by Gasteiger charge is -2.15. The van der Waals surface area contributed by atoms with Crippen LogP contribution >= 0.6 is 0 Å². The standard InChI is InChI=1S/C16H32N4O2/c1-14(2)17-16(21)10-5-4-7-11-20-13-15(18-19-20)9-6-8-12-22-3/h13-14,16-17,21H,4-12H2,1-3H3. The maximum atomic E-state index is 9.71. The lowest BCUT2D eigenvalue weighted by molar-refractivity contribution is 0.115. The SMILES string of the molecule is COCCCCc1cn(CCCCCC(O)NC(C)C)nn1. The van der Waals surface area contributed by atoms with Gasteiger partial charge in [0.1, 0.15) is 6.23 Å². The van der Waals surface area contributed by atoms with E-state index in [0.717, 1.165) is 63.8 Å². The maximum absolute atomic E-state index is 9.71. The van der Waals surface area contributed by atoms with E-state index in [2.05, 4.69) is 15.6 Å². The summed E-state index contributed by atoms with van der Waals surface area (Å²) in [6.45, 7) is 5.80. The Balaban J connectivity index is 2.06. The molecule has 0 aliphatic carbocycles. The van der Waals surface area contributed by atoms with E-state index in [9.17, 15) is 5.11 Å². The highest BCUT2D eigenvalue weighted by atomic mass is 16.5. The lowest BCUT2D eigenvalue weighted by Crippen LogP contribution is -2.34. The number of nitrogens with zero attached hydrogens (tertiary/aromatic N) is 3. The number of unbranched alkanes of at least 4 members (excludes halogenated alkanes) is 3. The van der Waals surface area contributed by atoms with Crippen LogP contribution in [-0.2, 0) is 17.7 Å². The number of aryl methyl sites for hydroxylation is 2. The summed E-state index contributed by atoms with van der Waals surface area (Å²) in [6.07, 6.45) is 8.78. The van der Waals surface area contributed by atoms with Crippen LogP contribution in [0.25, 0.3) is 0 Å². The van der Waals surface area contributed by atoms with Gasteiger partial charge in [-0.05, 0) is 52.4 Å². The molecule has 1 aromatic heterocycles. The summed E-state index contributed by atoms with van der Waals surface area (Å²) in [7, 11) is 1.73. The largest absolute Gasteiger partial charge is 0.385 e. The Morgan fingerprint density at radius 2 is 2.05 bits per heavy atom. The molecular formula is C16H32N4O2. The van der Waals surface area contributed by atoms with Crippen LogP contribution in [0, 0.1) is 0 Å². The third-order valence-electron chi connectivity index (χ3n) is 3.51. The number of rotatable bonds is 13. The highest BCUT2D eigenvalue weighted by Gasteiger charge is 2.05. The van der Waals surface area contributed by atoms with Crippen LogP contribution in [0.5, 0.6) is 0 Å². The van der Waals surface area contributed by atoms with Crippen molar-refractivity contribution in [3.05, 3.63) is 11.9 Å². The Morgan fingerprint density at radius 1 is 1.23 bits per heavy atom. The molecular weight excluding hydrogens is 280 g/mol. The van der Waals surface area contributed by atoms with Crippen molar-refractivity contribution in [1.82, 2.24) is 20.3 Å². The molecule has 0 aliphatic heterocycles. The van der Waals surface area contributed by atoms with Crippen molar-refractivity contribution in [2.24, 2.45) is 0 Å². The summed E-state index contributed by atoms with van der Waals surface area (Å²) in [5, 5.41) is 21.2. The van der Waals surface area contributed by atoms with Gasteiger partial charge in [0.05, 0.1) is 5.69 Å². The predicted molar refractivity (Wildman–Crippen MR) is 87.6 cm³/mol. The number of hydrogen-bond acceptors (Lipinski definition) is 5. The quantitative estimate of drug-likeness (QED) is 0.431. The monoisotopic (exact) mass is 312 g/mol. The molecule has 2 N–H and O–H groups in total. The van der Waals surface area contributed by atoms with Crippen LogP contribution in [-0.4, -0.2) is 46.1 Å². The topological polar surface area (TPSA) is 72.2 Å². The summed E-state index contributed by atoms with van der Waals surface area (Å²) in [5.41, 5.74) is 1.06. The molecule has 1 rings (SSSR count). The van der Waals surface area contributed by atoms with E-state index < -0.39 is 0 Å². The minimum Gasteiger partial charge on any atom is -0.385 e. The van der Waals surface area contributed by atoms with Crippen molar-refractivity contribution in [2.45, 2.75) is 77.6 Å². The molecule has 1 heterocycles. The minimum atomic E-state index is -0.384. The smallest absolute Gasteiger partial charge is 0.105 e. The molecule has 0 aliphatic rings. The Bertz CT molecular complexity index is 382. The second-order valence-electron chi connectivity index (χ2n) is 6.11. The minimum absolute atomic E-state index is 0.326. The molecule has 0 spiro atoms. The van der Waals surface area contributed by atoms with Crippen molar-refractivity contribution in [1.29, 1.82) is 0 Å². The molecule has 1 atom stereocenters. The zero-order valence-corrected chi connectivity index (χ0v) is 14.3. The Morgan fingerprint density at radius 3 is 2.77 bits per heavy atom. The highest BCUT2D eigenvalue weighted by molar-refractivity contribution is 4.92. The number of aromatic nitrogens is 3. The van der Waals surface area contributed by atoms with Gasteiger partial charge in [-0.15, -0.1) is 5.10 Å². The fraction of sp³-hybridized carbons (Fsp3) is 0.875. The molecule has 22 heavy (non-hydrogen) atoms. The number of nitrogens with one attached hydrogen (secondary N) is 1. The van der Waals surface area contributed by atoms with Crippen LogP contribution in [0.4, 0.5) is 0 Å². The number of ether oxygens (including phenoxy) is 1. The molecule has 1 aromatic rings. The highest BCUT2D eigenvalue weighted by Crippen LogP contribution is 2.06. The first-order valence-corrected chi connectivity index (χ1v) is 8.44. The van der Waals surface area contributed by atoms with Crippen LogP contribution < -0.4 is 5.32 Å². The molecule has 0 amide bonds. The van der Waals surface area contributed by atoms with E-state index >= 15 is 0 Å². The van der Waals surface area contributed by atoms with Crippen LogP contribution in [0.1, 0.15) is 58.1 Å². The van der Waals surface area contributed by atoms with Gasteiger partial charge in [-0.2, -0.15) is 0 Å². The first kappa shape index (κ1) is 19.1. The zero-order valence-electron chi connectivity index (χ0n) is 14.3. The van der Waals surface area contributed by atoms with Gasteiger partial charge in [-0.1, -0.05) is 11.6 Å². The van der Waals surface area contributed by atoms with Crippen molar-refractivity contribution in [2.75, 3.05) is 13.7 Å². The van der Waals surface area contributed by atoms with E-state index in [1.54, 1.807) is 7.11 Å². The van der Waals surface area contributed by atoms with Gasteiger partial charge in [-0.3, -0.25) is 10.00 Å². The molecule has 128 valence electrons. The van der Waals surface area contributed by atoms with Crippen molar-refractivity contribution >= 4 is 0 Å². The van der Waals surface area contributed by atoms with E-state index in [1.165, 1.54) is 0 Å². The third-order valence-corrected chi connectivity index (χ3v) is 3.51. The van der Waals surface area contributed by atoms with Crippen LogP contribution in [0.2, 0.25) is 0 Å². The van der Waals surface area contributed by atoms with Crippen LogP contribution in [0.15, 0.2) is 6.20 Å². The molecule has 6 heteroatoms. The van der Waals surface area contributed by atoms with Crippen molar-refractivity contribution < 1.29 is 9.84 Å². The van der Waals surface area contributed by atoms with E-state index in [0.29, 0.717) is 6.04 Å². The Kier molecular flexibility index (Phi) is 10.0. The summed E-state index contributed by atoms with van der Waals surface area (Å²) >= 11 is 0. The fourth-order valence-corrected chi connectivity index (χ4v) is 2.37. The third kappa shape index (κ3) is 9.12. The van der Waals surface area contributed by atoms with Gasteiger partial charge >= 0.3 is 0 Å². The van der Waals surface area contributed by atoms with Gasteiger partial charge in [-0.25, -0.2) is 0 Å². The normalized spacial score (nSPS) is 13.0. The molecule has 0 saturated heterocycles. The molecule has 0 saturated carbocycles. The molecule has 6 nitrogen and oxygen atoms in total. The average Bonchev–Trinajstić information content (AvgIpc) is 2.90. The summed E-state index contributed by atoms with van der Waals surface area (Å²) in [6, 6.07) is 0.326. The van der Waals surface area contributed by atoms with E-state index in [4.69, 9.17) is 4.74 Å². The summed E-state index contributed by atoms with van der Waals surface area (Å²) in [4.78, 5) is 0. The van der Waals surface area contributed by atoms with Gasteiger partial charge in [0.2, 0.25) is 0 Å².